The molecule has 0 atom stereocenters. The Kier molecular flexibility index (Phi) is 4.11. The molecule has 0 aliphatic carbocycles. The van der Waals surface area contributed by atoms with Crippen molar-refractivity contribution in [3.05, 3.63) is 35.6 Å². The summed E-state index contributed by atoms with van der Waals surface area (Å²) in [6, 6.07) is 6.09. The maximum absolute atomic E-state index is 13.5. The molecular formula is C13H16FN3O2. The van der Waals surface area contributed by atoms with Gasteiger partial charge in [0.2, 0.25) is 5.91 Å². The summed E-state index contributed by atoms with van der Waals surface area (Å²) in [4.78, 5) is 26.1. The van der Waals surface area contributed by atoms with Gasteiger partial charge in [-0.3, -0.25) is 14.6 Å². The standard InChI is InChI=1S/C13H16FN3O2/c1-16(8-10-4-2-3-5-11(10)14)9-12(18)17-7-6-15-13(17)19/h2-5H,6-9H2,1H3,(H,15,19). The van der Waals surface area contributed by atoms with Crippen molar-refractivity contribution in [3.8, 4) is 0 Å². The SMILES string of the molecule is CN(CC(=O)N1CCNC1=O)Cc1ccccc1F. The number of hydrogen-bond donors (Lipinski definition) is 1. The third-order valence-corrected chi connectivity index (χ3v) is 2.96. The molecule has 19 heavy (non-hydrogen) atoms. The first-order valence-corrected chi connectivity index (χ1v) is 6.08. The van der Waals surface area contributed by atoms with Gasteiger partial charge in [0.25, 0.3) is 0 Å². The number of hydrogen-bond acceptors (Lipinski definition) is 3. The minimum atomic E-state index is -0.357. The summed E-state index contributed by atoms with van der Waals surface area (Å²) in [5.74, 6) is -0.561. The van der Waals surface area contributed by atoms with Gasteiger partial charge >= 0.3 is 6.03 Å². The van der Waals surface area contributed by atoms with Crippen LogP contribution in [0.15, 0.2) is 24.3 Å². The highest BCUT2D eigenvalue weighted by molar-refractivity contribution is 5.96. The Morgan fingerprint density at radius 1 is 1.47 bits per heavy atom. The molecule has 0 saturated carbocycles. The van der Waals surface area contributed by atoms with Crippen LogP contribution in [-0.4, -0.2) is 48.4 Å². The van der Waals surface area contributed by atoms with Crippen molar-refractivity contribution in [1.29, 1.82) is 0 Å². The van der Waals surface area contributed by atoms with Crippen molar-refractivity contribution in [2.45, 2.75) is 6.54 Å². The zero-order valence-corrected chi connectivity index (χ0v) is 10.7. The first-order valence-electron chi connectivity index (χ1n) is 6.08. The van der Waals surface area contributed by atoms with Gasteiger partial charge < -0.3 is 5.32 Å². The fraction of sp³-hybridized carbons (Fsp3) is 0.385. The zero-order chi connectivity index (χ0) is 13.8. The number of nitrogens with one attached hydrogen (secondary N) is 1. The summed E-state index contributed by atoms with van der Waals surface area (Å²) in [7, 11) is 1.72. The lowest BCUT2D eigenvalue weighted by atomic mass is 10.2. The fourth-order valence-electron chi connectivity index (χ4n) is 2.00. The molecule has 0 aromatic heterocycles. The van der Waals surface area contributed by atoms with Crippen LogP contribution in [0.2, 0.25) is 0 Å². The summed E-state index contributed by atoms with van der Waals surface area (Å²) in [5, 5.41) is 2.57. The molecule has 1 aliphatic rings. The molecule has 1 aromatic rings. The Labute approximate surface area is 111 Å². The van der Waals surface area contributed by atoms with Crippen LogP contribution in [0.4, 0.5) is 9.18 Å². The number of carbonyl (C=O) groups is 2. The van der Waals surface area contributed by atoms with Crippen molar-refractivity contribution in [3.63, 3.8) is 0 Å². The van der Waals surface area contributed by atoms with E-state index in [0.717, 1.165) is 0 Å². The summed E-state index contributed by atoms with van der Waals surface area (Å²) in [5.41, 5.74) is 0.531. The van der Waals surface area contributed by atoms with Crippen LogP contribution in [0.5, 0.6) is 0 Å². The van der Waals surface area contributed by atoms with Crippen molar-refractivity contribution in [2.75, 3.05) is 26.7 Å². The molecule has 1 aromatic carbocycles. The number of amides is 3. The summed E-state index contributed by atoms with van der Waals surface area (Å²) in [6.45, 7) is 1.29. The highest BCUT2D eigenvalue weighted by Gasteiger charge is 2.26. The van der Waals surface area contributed by atoms with Gasteiger partial charge in [0.05, 0.1) is 6.54 Å². The highest BCUT2D eigenvalue weighted by Crippen LogP contribution is 2.09. The predicted molar refractivity (Wildman–Crippen MR) is 67.8 cm³/mol. The molecule has 1 aliphatic heterocycles. The van der Waals surface area contributed by atoms with Crippen molar-refractivity contribution in [1.82, 2.24) is 15.1 Å². The Morgan fingerprint density at radius 3 is 2.84 bits per heavy atom. The van der Waals surface area contributed by atoms with Gasteiger partial charge in [-0.15, -0.1) is 0 Å². The van der Waals surface area contributed by atoms with E-state index in [4.69, 9.17) is 0 Å². The van der Waals surface area contributed by atoms with Crippen LogP contribution in [0, 0.1) is 5.82 Å². The van der Waals surface area contributed by atoms with Crippen LogP contribution in [0.1, 0.15) is 5.56 Å². The van der Waals surface area contributed by atoms with E-state index in [1.807, 2.05) is 0 Å². The molecule has 1 saturated heterocycles. The first-order chi connectivity index (χ1) is 9.08. The Hall–Kier alpha value is -1.95. The lowest BCUT2D eigenvalue weighted by Gasteiger charge is -2.19. The summed E-state index contributed by atoms with van der Waals surface area (Å²) in [6.07, 6.45) is 0. The van der Waals surface area contributed by atoms with Gasteiger partial charge in [0.1, 0.15) is 5.82 Å². The van der Waals surface area contributed by atoms with E-state index < -0.39 is 0 Å². The maximum Gasteiger partial charge on any atom is 0.324 e. The molecule has 0 spiro atoms. The van der Waals surface area contributed by atoms with E-state index in [9.17, 15) is 14.0 Å². The number of carbonyl (C=O) groups excluding carboxylic acids is 2. The molecular weight excluding hydrogens is 249 g/mol. The maximum atomic E-state index is 13.5. The topological polar surface area (TPSA) is 52.7 Å². The first kappa shape index (κ1) is 13.5. The number of urea groups is 1. The van der Waals surface area contributed by atoms with Crippen molar-refractivity contribution < 1.29 is 14.0 Å². The second kappa shape index (κ2) is 5.79. The van der Waals surface area contributed by atoms with Gasteiger partial charge in [0, 0.05) is 25.2 Å². The van der Waals surface area contributed by atoms with E-state index in [2.05, 4.69) is 5.32 Å². The zero-order valence-electron chi connectivity index (χ0n) is 10.7. The summed E-state index contributed by atoms with van der Waals surface area (Å²) < 4.78 is 13.5. The number of benzene rings is 1. The number of nitrogens with zero attached hydrogens (tertiary/aromatic N) is 2. The lowest BCUT2D eigenvalue weighted by Crippen LogP contribution is -2.40. The van der Waals surface area contributed by atoms with Gasteiger partial charge in [-0.25, -0.2) is 9.18 Å². The monoisotopic (exact) mass is 265 g/mol. The molecule has 2 rings (SSSR count). The van der Waals surface area contributed by atoms with E-state index in [1.54, 1.807) is 30.1 Å². The Bertz CT molecular complexity index is 493. The number of rotatable bonds is 4. The van der Waals surface area contributed by atoms with E-state index >= 15 is 0 Å². The van der Waals surface area contributed by atoms with Gasteiger partial charge in [-0.2, -0.15) is 0 Å². The average molecular weight is 265 g/mol. The lowest BCUT2D eigenvalue weighted by molar-refractivity contribution is -0.128. The normalized spacial score (nSPS) is 14.9. The van der Waals surface area contributed by atoms with Crippen LogP contribution in [0.3, 0.4) is 0 Å². The number of likely N-dealkylation sites (N-methyl/N-ethyl adjacent to an activating group) is 1. The molecule has 1 N–H and O–H groups in total. The quantitative estimate of drug-likeness (QED) is 0.876. The van der Waals surface area contributed by atoms with Crippen LogP contribution in [0.25, 0.3) is 0 Å². The highest BCUT2D eigenvalue weighted by atomic mass is 19.1. The summed E-state index contributed by atoms with van der Waals surface area (Å²) >= 11 is 0. The molecule has 3 amide bonds. The second-order valence-corrected chi connectivity index (χ2v) is 4.54. The molecule has 1 fully saturated rings. The molecule has 6 heteroatoms. The third kappa shape index (κ3) is 3.29. The Morgan fingerprint density at radius 2 is 2.21 bits per heavy atom. The molecule has 5 nitrogen and oxygen atoms in total. The average Bonchev–Trinajstić information content (AvgIpc) is 2.78. The predicted octanol–water partition coefficient (Wildman–Crippen LogP) is 0.809. The number of halogens is 1. The molecule has 0 bridgehead atoms. The van der Waals surface area contributed by atoms with Crippen LogP contribution >= 0.6 is 0 Å². The van der Waals surface area contributed by atoms with Crippen LogP contribution < -0.4 is 5.32 Å². The van der Waals surface area contributed by atoms with Gasteiger partial charge in [0.15, 0.2) is 0 Å². The second-order valence-electron chi connectivity index (χ2n) is 4.54. The Balaban J connectivity index is 1.91. The molecule has 0 radical (unpaired) electrons. The van der Waals surface area contributed by atoms with E-state index in [0.29, 0.717) is 25.2 Å². The van der Waals surface area contributed by atoms with E-state index in [1.165, 1.54) is 11.0 Å². The van der Waals surface area contributed by atoms with Gasteiger partial charge in [-0.05, 0) is 13.1 Å². The smallest absolute Gasteiger partial charge is 0.324 e. The van der Waals surface area contributed by atoms with Crippen LogP contribution in [-0.2, 0) is 11.3 Å². The molecule has 1 heterocycles. The minimum absolute atomic E-state index is 0.0851. The van der Waals surface area contributed by atoms with E-state index in [-0.39, 0.29) is 24.3 Å². The largest absolute Gasteiger partial charge is 0.336 e. The van der Waals surface area contributed by atoms with Crippen molar-refractivity contribution >= 4 is 11.9 Å². The molecule has 0 unspecified atom stereocenters. The minimum Gasteiger partial charge on any atom is -0.336 e. The number of imide groups is 1. The van der Waals surface area contributed by atoms with Crippen molar-refractivity contribution in [2.24, 2.45) is 0 Å². The fourth-order valence-corrected chi connectivity index (χ4v) is 2.00. The molecule has 102 valence electrons. The van der Waals surface area contributed by atoms with Gasteiger partial charge in [-0.1, -0.05) is 18.2 Å². The third-order valence-electron chi connectivity index (χ3n) is 2.96.